The Morgan fingerprint density at radius 2 is 0.837 bits per heavy atom. The van der Waals surface area contributed by atoms with Crippen molar-refractivity contribution in [3.05, 3.63) is 151 Å². The van der Waals surface area contributed by atoms with Gasteiger partial charge in [0.2, 0.25) is 11.8 Å². The largest absolute Gasteiger partial charge is 0.355 e. The Balaban J connectivity index is 0.000000168. The number of hydrogen-bond acceptors (Lipinski definition) is 16. The highest BCUT2D eigenvalue weighted by Gasteiger charge is 2.56. The topological polar surface area (TPSA) is 338 Å². The van der Waals surface area contributed by atoms with Crippen LogP contribution in [-0.2, 0) is 46.1 Å². The molecule has 0 spiro atoms. The maximum absolute atomic E-state index is 13.6. The maximum Gasteiger partial charge on any atom is 0.251 e. The number of fused-ring (bicyclic) bond motifs is 6. The number of tetrazole rings is 2. The van der Waals surface area contributed by atoms with E-state index in [1.165, 1.54) is 0 Å². The van der Waals surface area contributed by atoms with Crippen LogP contribution in [0.1, 0.15) is 175 Å². The van der Waals surface area contributed by atoms with Gasteiger partial charge in [-0.15, -0.1) is 20.4 Å². The lowest BCUT2D eigenvalue weighted by Crippen LogP contribution is -2.50. The number of H-pyrrole nitrogens is 2. The second kappa shape index (κ2) is 25.4. The fourth-order valence-electron chi connectivity index (χ4n) is 16.3. The lowest BCUT2D eigenvalue weighted by molar-refractivity contribution is -0.132. The van der Waals surface area contributed by atoms with Crippen LogP contribution in [0.15, 0.2) is 72.8 Å². The van der Waals surface area contributed by atoms with E-state index in [1.54, 1.807) is 38.0 Å². The van der Waals surface area contributed by atoms with Crippen molar-refractivity contribution in [3.63, 3.8) is 0 Å². The summed E-state index contributed by atoms with van der Waals surface area (Å²) < 4.78 is 0. The Bertz CT molecular complexity index is 3540. The molecule has 14 rings (SSSR count). The number of nitrogens with one attached hydrogen (secondary N) is 8. The number of rotatable bonds is 18. The van der Waals surface area contributed by atoms with Crippen molar-refractivity contribution in [1.29, 1.82) is 10.5 Å². The minimum Gasteiger partial charge on any atom is -0.355 e. The van der Waals surface area contributed by atoms with E-state index in [4.69, 9.17) is 0 Å². The molecule has 24 nitrogen and oxygen atoms in total. The molecule has 0 unspecified atom stereocenters. The van der Waals surface area contributed by atoms with Crippen LogP contribution in [0, 0.1) is 46.3 Å². The summed E-state index contributed by atoms with van der Waals surface area (Å²) in [5, 5.41) is 69.5. The number of amides is 6. The lowest BCUT2D eigenvalue weighted by Gasteiger charge is -2.42. The molecule has 8 atom stereocenters. The van der Waals surface area contributed by atoms with Crippen LogP contribution >= 0.6 is 0 Å². The minimum atomic E-state index is -0.892. The number of benzene rings is 4. The Labute approximate surface area is 533 Å². The number of carbonyl (C=O) groups excluding carboxylic acids is 6. The Hall–Kier alpha value is -9.26. The molecule has 92 heavy (non-hydrogen) atoms. The molecule has 4 saturated carbocycles. The van der Waals surface area contributed by atoms with Crippen LogP contribution in [0.4, 0.5) is 0 Å². The van der Waals surface area contributed by atoms with Crippen molar-refractivity contribution in [2.75, 3.05) is 41.3 Å². The van der Waals surface area contributed by atoms with E-state index < -0.39 is 10.8 Å². The van der Waals surface area contributed by atoms with E-state index in [-0.39, 0.29) is 84.8 Å². The van der Waals surface area contributed by atoms with E-state index in [1.807, 2.05) is 72.8 Å². The monoisotopic (exact) mass is 1240 g/mol. The molecule has 2 aromatic heterocycles. The minimum absolute atomic E-state index is 0.0263. The molecule has 8 N–H and O–H groups in total. The molecule has 2 saturated heterocycles. The summed E-state index contributed by atoms with van der Waals surface area (Å²) in [5.74, 6) is 1.86. The number of nitrogens with zero attached hydrogens (tertiary/aromatic N) is 10. The Morgan fingerprint density at radius 1 is 0.511 bits per heavy atom. The first-order valence-corrected chi connectivity index (χ1v) is 32.5. The summed E-state index contributed by atoms with van der Waals surface area (Å²) in [4.78, 5) is 81.7. The van der Waals surface area contributed by atoms with E-state index in [0.29, 0.717) is 96.1 Å². The zero-order chi connectivity index (χ0) is 64.0. The lowest BCUT2D eigenvalue weighted by atomic mass is 9.64. The first kappa shape index (κ1) is 61.6. The van der Waals surface area contributed by atoms with E-state index >= 15 is 0 Å². The van der Waals surface area contributed by atoms with Crippen LogP contribution in [0.25, 0.3) is 0 Å². The highest BCUT2D eigenvalue weighted by Crippen LogP contribution is 2.53. The zero-order valence-corrected chi connectivity index (χ0v) is 52.4. The first-order valence-electron chi connectivity index (χ1n) is 32.5. The van der Waals surface area contributed by atoms with Gasteiger partial charge in [0.25, 0.3) is 23.6 Å². The predicted octanol–water partition coefficient (Wildman–Crippen LogP) is 4.03. The number of aromatic nitrogens is 8. The van der Waals surface area contributed by atoms with E-state index in [0.717, 1.165) is 109 Å². The van der Waals surface area contributed by atoms with Crippen molar-refractivity contribution in [2.45, 2.75) is 150 Å². The molecular weight excluding hydrogens is 1160 g/mol. The van der Waals surface area contributed by atoms with E-state index in [9.17, 15) is 39.3 Å². The summed E-state index contributed by atoms with van der Waals surface area (Å²) in [6.07, 6.45) is 13.6. The molecule has 6 fully saturated rings. The van der Waals surface area contributed by atoms with Crippen molar-refractivity contribution in [1.82, 2.24) is 82.9 Å². The van der Waals surface area contributed by atoms with Crippen LogP contribution in [0.3, 0.4) is 0 Å². The molecule has 4 heterocycles. The van der Waals surface area contributed by atoms with E-state index in [2.05, 4.69) is 85.3 Å². The van der Waals surface area contributed by atoms with Crippen molar-refractivity contribution < 1.29 is 28.8 Å². The number of aromatic amines is 2. The van der Waals surface area contributed by atoms with Gasteiger partial charge in [-0.25, -0.2) is 0 Å². The normalized spacial score (nSPS) is 23.1. The molecule has 0 radical (unpaired) electrons. The third kappa shape index (κ3) is 11.1. The maximum atomic E-state index is 13.6. The summed E-state index contributed by atoms with van der Waals surface area (Å²) in [6, 6.07) is 27.4. The molecular formula is C68H78N18O6. The van der Waals surface area contributed by atoms with Crippen LogP contribution in [0.2, 0.25) is 0 Å². The average Bonchev–Trinajstić information content (AvgIpc) is 1.31. The van der Waals surface area contributed by atoms with Crippen molar-refractivity contribution in [3.8, 4) is 12.1 Å². The molecule has 24 heteroatoms. The fourth-order valence-corrected chi connectivity index (χ4v) is 16.3. The van der Waals surface area contributed by atoms with Gasteiger partial charge in [0.05, 0.1) is 36.1 Å². The molecule has 6 aliphatic carbocycles. The standard InChI is InChI=1S/2C34H39N9O3/c2*1-36-31(45)22-8-10-26-20(12-22)6-7-21-13-23(32(46)37-2)9-11-27(21)34(26,33-39-41-42-40-33)16-28(19-4-3-5-19)38-18-30(44)43-25(17-35)14-24-15-29(24)43/h2*8-13,19,24-25,28-29,38H,3-7,14-16,18H2,1-2H3,(H,36,45)(H,37,46)(H,39,40,41,42)/t2*24-,25+,28+,29+/m11/s1. The average molecular weight is 1240 g/mol. The number of carbonyl (C=O) groups is 6. The van der Waals surface area contributed by atoms with Gasteiger partial charge in [-0.05, 0) is 207 Å². The zero-order valence-electron chi connectivity index (χ0n) is 52.4. The van der Waals surface area contributed by atoms with Crippen LogP contribution in [0.5, 0.6) is 0 Å². The second-order valence-electron chi connectivity index (χ2n) is 26.3. The molecule has 2 aliphatic heterocycles. The fraction of sp³-hybridized carbons (Fsp3) is 0.500. The smallest absolute Gasteiger partial charge is 0.251 e. The molecule has 476 valence electrons. The molecule has 6 aromatic rings. The third-order valence-electron chi connectivity index (χ3n) is 21.6. The summed E-state index contributed by atoms with van der Waals surface area (Å²) in [7, 11) is 6.48. The van der Waals surface area contributed by atoms with Crippen LogP contribution < -0.4 is 31.9 Å². The number of likely N-dealkylation sites (tertiary alicyclic amines) is 2. The highest BCUT2D eigenvalue weighted by molar-refractivity contribution is 5.96. The van der Waals surface area contributed by atoms with Gasteiger partial charge in [-0.1, -0.05) is 47.5 Å². The predicted molar refractivity (Wildman–Crippen MR) is 335 cm³/mol. The molecule has 4 aromatic carbocycles. The molecule has 8 aliphatic rings. The Kier molecular flexibility index (Phi) is 17.0. The van der Waals surface area contributed by atoms with Gasteiger partial charge in [-0.2, -0.15) is 21.0 Å². The summed E-state index contributed by atoms with van der Waals surface area (Å²) >= 11 is 0. The molecule has 6 amide bonds. The highest BCUT2D eigenvalue weighted by atomic mass is 16.2. The summed E-state index contributed by atoms with van der Waals surface area (Å²) in [6.45, 7) is 0.297. The van der Waals surface area contributed by atoms with Gasteiger partial charge in [0.1, 0.15) is 12.1 Å². The Morgan fingerprint density at radius 3 is 1.10 bits per heavy atom. The van der Waals surface area contributed by atoms with Gasteiger partial charge < -0.3 is 41.7 Å². The van der Waals surface area contributed by atoms with Crippen LogP contribution in [-0.4, -0.2) is 164 Å². The van der Waals surface area contributed by atoms with Gasteiger partial charge >= 0.3 is 0 Å². The van der Waals surface area contributed by atoms with Gasteiger partial charge in [-0.3, -0.25) is 28.8 Å². The number of hydrogen-bond donors (Lipinski definition) is 8. The molecule has 0 bridgehead atoms. The third-order valence-corrected chi connectivity index (χ3v) is 21.6. The second-order valence-corrected chi connectivity index (χ2v) is 26.3. The van der Waals surface area contributed by atoms with Gasteiger partial charge in [0.15, 0.2) is 11.6 Å². The number of nitriles is 2. The van der Waals surface area contributed by atoms with Crippen molar-refractivity contribution >= 4 is 35.4 Å². The number of aryl methyl sites for hydroxylation is 4. The van der Waals surface area contributed by atoms with Gasteiger partial charge in [0, 0.05) is 74.6 Å². The summed E-state index contributed by atoms with van der Waals surface area (Å²) in [5.41, 5.74) is 8.41. The number of piperidine rings is 2. The van der Waals surface area contributed by atoms with Crippen molar-refractivity contribution in [2.24, 2.45) is 23.7 Å². The first-order chi connectivity index (χ1) is 44.7. The quantitative estimate of drug-likeness (QED) is 0.0602. The SMILES string of the molecule is CNC(=O)c1ccc2c(c1)CCc1cc(C(=O)NC)ccc1C2(C[C@H](NCC(=O)N1[C@H](C#N)C[C@@H]2C[C@@H]21)C1CCC1)c1nn[nH]n1.CNC(=O)c1ccc2c(c1)CCc1cc(C(=O)NC)ccc1C2(C[C@H](NCC(=O)N1[C@H](C#N)C[C@@H]2C[C@@H]21)C1CCC1)c1nn[nH]n1.